The predicted octanol–water partition coefficient (Wildman–Crippen LogP) is 2.06. The first-order valence-electron chi connectivity index (χ1n) is 4.02. The number of hydrogen-bond donors (Lipinski definition) is 1. The van der Waals surface area contributed by atoms with Crippen LogP contribution in [0.2, 0.25) is 0 Å². The Morgan fingerprint density at radius 2 is 2.38 bits per heavy atom. The molecule has 0 aromatic rings. The van der Waals surface area contributed by atoms with Crippen molar-refractivity contribution in [3.8, 4) is 0 Å². The second-order valence-corrected chi connectivity index (χ2v) is 4.31. The van der Waals surface area contributed by atoms with Gasteiger partial charge in [-0.1, -0.05) is 33.6 Å². The zero-order valence-electron chi connectivity index (χ0n) is 6.89. The highest BCUT2D eigenvalue weighted by atomic mass is 79.9. The average molecular weight is 263 g/mol. The molecule has 2 aliphatic rings. The molecule has 1 aliphatic heterocycles. The van der Waals surface area contributed by atoms with Crippen molar-refractivity contribution in [2.75, 3.05) is 13.2 Å². The van der Waals surface area contributed by atoms with Crippen molar-refractivity contribution in [2.24, 2.45) is 5.73 Å². The molecule has 2 nitrogen and oxygen atoms in total. The maximum Gasteiger partial charge on any atom is 0.0972 e. The first-order valence-corrected chi connectivity index (χ1v) is 5.19. The summed E-state index contributed by atoms with van der Waals surface area (Å²) in [4.78, 5) is 0. The second-order valence-electron chi connectivity index (χ2n) is 2.95. The van der Waals surface area contributed by atoms with Crippen LogP contribution in [0.1, 0.15) is 0 Å². The van der Waals surface area contributed by atoms with E-state index >= 15 is 0 Å². The molecule has 1 aliphatic carbocycles. The molecule has 0 aromatic carbocycles. The van der Waals surface area contributed by atoms with Gasteiger partial charge in [-0.3, -0.25) is 0 Å². The third-order valence-corrected chi connectivity index (χ3v) is 3.17. The summed E-state index contributed by atoms with van der Waals surface area (Å²) in [5, 5.41) is 0.738. The van der Waals surface area contributed by atoms with E-state index in [1.807, 2.05) is 12.2 Å². The summed E-state index contributed by atoms with van der Waals surface area (Å²) >= 11 is 9.48. The number of halogens is 2. The van der Waals surface area contributed by atoms with Gasteiger partial charge in [0, 0.05) is 21.6 Å². The lowest BCUT2D eigenvalue weighted by molar-refractivity contribution is 0.0999. The number of ether oxygens (including phenoxy) is 1. The third-order valence-electron chi connectivity index (χ3n) is 2.18. The summed E-state index contributed by atoms with van der Waals surface area (Å²) in [7, 11) is 0. The van der Waals surface area contributed by atoms with E-state index in [0.717, 1.165) is 20.7 Å². The monoisotopic (exact) mass is 261 g/mol. The van der Waals surface area contributed by atoms with Crippen molar-refractivity contribution < 1.29 is 4.74 Å². The van der Waals surface area contributed by atoms with E-state index in [9.17, 15) is 0 Å². The van der Waals surface area contributed by atoms with Crippen molar-refractivity contribution in [1.29, 1.82) is 0 Å². The summed E-state index contributed by atoms with van der Waals surface area (Å²) in [6.45, 7) is 1.05. The molecule has 4 heteroatoms. The van der Waals surface area contributed by atoms with Gasteiger partial charge in [0.15, 0.2) is 0 Å². The van der Waals surface area contributed by atoms with Crippen molar-refractivity contribution >= 4 is 27.5 Å². The first-order chi connectivity index (χ1) is 6.24. The Labute approximate surface area is 90.2 Å². The normalized spacial score (nSPS) is 27.2. The predicted molar refractivity (Wildman–Crippen MR) is 56.8 cm³/mol. The molecule has 2 N–H and O–H groups in total. The van der Waals surface area contributed by atoms with Gasteiger partial charge in [-0.15, -0.1) is 0 Å². The lowest BCUT2D eigenvalue weighted by Crippen LogP contribution is -2.30. The topological polar surface area (TPSA) is 35.2 Å². The van der Waals surface area contributed by atoms with E-state index in [4.69, 9.17) is 22.1 Å². The third kappa shape index (κ3) is 1.50. The molecule has 0 saturated carbocycles. The molecule has 0 fully saturated rings. The van der Waals surface area contributed by atoms with Gasteiger partial charge < -0.3 is 10.5 Å². The van der Waals surface area contributed by atoms with E-state index in [0.29, 0.717) is 13.2 Å². The summed E-state index contributed by atoms with van der Waals surface area (Å²) in [5.74, 6) is 0. The zero-order valence-corrected chi connectivity index (χ0v) is 9.23. The molecule has 0 spiro atoms. The van der Waals surface area contributed by atoms with Gasteiger partial charge in [-0.2, -0.15) is 0 Å². The molecule has 1 heterocycles. The molecule has 0 amide bonds. The van der Waals surface area contributed by atoms with Crippen LogP contribution in [0.4, 0.5) is 0 Å². The van der Waals surface area contributed by atoms with Gasteiger partial charge in [0.1, 0.15) is 0 Å². The molecule has 1 atom stereocenters. The van der Waals surface area contributed by atoms with Crippen LogP contribution in [0.15, 0.2) is 32.8 Å². The van der Waals surface area contributed by atoms with Crippen molar-refractivity contribution in [3.05, 3.63) is 32.8 Å². The Hall–Kier alpha value is -0.0900. The van der Waals surface area contributed by atoms with E-state index in [2.05, 4.69) is 15.9 Å². The van der Waals surface area contributed by atoms with Crippen LogP contribution < -0.4 is 5.73 Å². The molecular weight excluding hydrogens is 253 g/mol. The maximum absolute atomic E-state index is 6.03. The van der Waals surface area contributed by atoms with Gasteiger partial charge in [-0.05, 0) is 11.6 Å². The van der Waals surface area contributed by atoms with Crippen LogP contribution >= 0.6 is 27.5 Å². The summed E-state index contributed by atoms with van der Waals surface area (Å²) in [6, 6.07) is 0. The molecule has 2 rings (SSSR count). The van der Waals surface area contributed by atoms with E-state index < -0.39 is 0 Å². The summed E-state index contributed by atoms with van der Waals surface area (Å²) in [5.41, 5.74) is 7.73. The van der Waals surface area contributed by atoms with Gasteiger partial charge in [0.25, 0.3) is 0 Å². The van der Waals surface area contributed by atoms with Crippen molar-refractivity contribution in [1.82, 2.24) is 0 Å². The summed E-state index contributed by atoms with van der Waals surface area (Å²) in [6.07, 6.45) is 3.82. The Morgan fingerprint density at radius 1 is 1.62 bits per heavy atom. The maximum atomic E-state index is 6.03. The minimum absolute atomic E-state index is 0.0567. The molecule has 70 valence electrons. The van der Waals surface area contributed by atoms with Gasteiger partial charge in [0.2, 0.25) is 0 Å². The Bertz CT molecular complexity index is 333. The second kappa shape index (κ2) is 3.58. The summed E-state index contributed by atoms with van der Waals surface area (Å²) < 4.78 is 6.55. The van der Waals surface area contributed by atoms with E-state index in [1.54, 1.807) is 0 Å². The van der Waals surface area contributed by atoms with Gasteiger partial charge >= 0.3 is 0 Å². The fourth-order valence-electron chi connectivity index (χ4n) is 1.55. The largest absolute Gasteiger partial charge is 0.367 e. The quantitative estimate of drug-likeness (QED) is 0.785. The number of fused-ring (bicyclic) bond motifs is 1. The number of hydrogen-bond acceptors (Lipinski definition) is 2. The van der Waals surface area contributed by atoms with Crippen LogP contribution in [0.5, 0.6) is 0 Å². The van der Waals surface area contributed by atoms with Crippen LogP contribution in [0.25, 0.3) is 0 Å². The smallest absolute Gasteiger partial charge is 0.0972 e. The Morgan fingerprint density at radius 3 is 3.08 bits per heavy atom. The fraction of sp³-hybridized carbons (Fsp3) is 0.333. The SMILES string of the molecule is NCC1OCC(Br)=C2C=CC(Cl)=C21. The van der Waals surface area contributed by atoms with Crippen LogP contribution in [-0.4, -0.2) is 19.3 Å². The molecule has 0 radical (unpaired) electrons. The first kappa shape index (κ1) is 9.46. The van der Waals surface area contributed by atoms with Crippen LogP contribution in [-0.2, 0) is 4.74 Å². The van der Waals surface area contributed by atoms with Crippen LogP contribution in [0, 0.1) is 0 Å². The molecule has 0 bridgehead atoms. The van der Waals surface area contributed by atoms with Crippen molar-refractivity contribution in [3.63, 3.8) is 0 Å². The minimum Gasteiger partial charge on any atom is -0.367 e. The fourth-order valence-corrected chi connectivity index (χ4v) is 2.31. The Balaban J connectivity index is 2.46. The highest BCUT2D eigenvalue weighted by Gasteiger charge is 2.28. The number of rotatable bonds is 1. The van der Waals surface area contributed by atoms with E-state index in [1.165, 1.54) is 0 Å². The van der Waals surface area contributed by atoms with Gasteiger partial charge in [0.05, 0.1) is 12.7 Å². The molecular formula is C9H9BrClNO. The van der Waals surface area contributed by atoms with E-state index in [-0.39, 0.29) is 6.10 Å². The molecule has 0 aromatic heterocycles. The Kier molecular flexibility index (Phi) is 2.60. The molecule has 1 unspecified atom stereocenters. The molecule has 0 saturated heterocycles. The average Bonchev–Trinajstić information content (AvgIpc) is 2.51. The van der Waals surface area contributed by atoms with Crippen LogP contribution in [0.3, 0.4) is 0 Å². The lowest BCUT2D eigenvalue weighted by atomic mass is 10.0. The highest BCUT2D eigenvalue weighted by molar-refractivity contribution is 9.11. The lowest BCUT2D eigenvalue weighted by Gasteiger charge is -2.25. The highest BCUT2D eigenvalue weighted by Crippen LogP contribution is 2.37. The standard InChI is InChI=1S/C9H9BrClNO/c10-6-4-13-8(3-12)9-5(6)1-2-7(9)11/h1-2,8H,3-4,12H2. The number of allylic oxidation sites excluding steroid dienone is 3. The van der Waals surface area contributed by atoms with Crippen molar-refractivity contribution in [2.45, 2.75) is 6.10 Å². The van der Waals surface area contributed by atoms with Gasteiger partial charge in [-0.25, -0.2) is 0 Å². The number of nitrogens with two attached hydrogens (primary N) is 1. The zero-order chi connectivity index (χ0) is 9.42. The minimum atomic E-state index is -0.0567. The molecule has 13 heavy (non-hydrogen) atoms.